The first kappa shape index (κ1) is 33.5. The Morgan fingerprint density at radius 3 is 1.45 bits per heavy atom. The molecule has 0 aliphatic carbocycles. The molecular weight excluding hydrogens is 549 g/mol. The van der Waals surface area contributed by atoms with Crippen LogP contribution in [0.4, 0.5) is 26.3 Å². The summed E-state index contributed by atoms with van der Waals surface area (Å²) in [6, 6.07) is 12.2. The fourth-order valence-electron chi connectivity index (χ4n) is 4.26. The van der Waals surface area contributed by atoms with Crippen LogP contribution >= 0.6 is 9.24 Å². The van der Waals surface area contributed by atoms with E-state index in [1.54, 1.807) is 14.2 Å². The average Bonchev–Trinajstić information content (AvgIpc) is 2.86. The number of halogens is 6. The van der Waals surface area contributed by atoms with E-state index >= 15 is 0 Å². The van der Waals surface area contributed by atoms with Crippen molar-refractivity contribution in [1.82, 2.24) is 0 Å². The van der Waals surface area contributed by atoms with E-state index in [0.29, 0.717) is 29.9 Å². The number of hydrogen-bond acceptors (Lipinski definition) is 2. The van der Waals surface area contributed by atoms with E-state index in [1.165, 1.54) is 22.3 Å². The van der Waals surface area contributed by atoms with Gasteiger partial charge in [-0.05, 0) is 81.7 Å². The van der Waals surface area contributed by atoms with E-state index in [4.69, 9.17) is 9.47 Å². The smallest absolute Gasteiger partial charge is 0.416 e. The highest BCUT2D eigenvalue weighted by atomic mass is 31.0. The zero-order chi connectivity index (χ0) is 30.6. The van der Waals surface area contributed by atoms with Crippen molar-refractivity contribution >= 4 is 14.5 Å². The van der Waals surface area contributed by atoms with Crippen molar-refractivity contribution in [2.75, 3.05) is 14.2 Å². The largest absolute Gasteiger partial charge is 0.497 e. The van der Waals surface area contributed by atoms with Crippen LogP contribution in [0.15, 0.2) is 48.5 Å². The van der Waals surface area contributed by atoms with Crippen molar-refractivity contribution in [3.05, 3.63) is 76.3 Å². The van der Waals surface area contributed by atoms with Crippen LogP contribution in [0.3, 0.4) is 0 Å². The molecule has 0 heterocycles. The molecule has 0 spiro atoms. The van der Waals surface area contributed by atoms with Gasteiger partial charge in [0.2, 0.25) is 0 Å². The topological polar surface area (TPSA) is 18.5 Å². The summed E-state index contributed by atoms with van der Waals surface area (Å²) in [4.78, 5) is 0. The third-order valence-electron chi connectivity index (χ3n) is 6.42. The highest BCUT2D eigenvalue weighted by Crippen LogP contribution is 2.43. The van der Waals surface area contributed by atoms with Gasteiger partial charge in [0.25, 0.3) is 0 Å². The maximum Gasteiger partial charge on any atom is 0.416 e. The number of methoxy groups -OCH3 is 2. The van der Waals surface area contributed by atoms with Gasteiger partial charge in [0, 0.05) is 5.56 Å². The number of rotatable bonds is 6. The number of hydrogen-bond donors (Lipinski definition) is 0. The second-order valence-electron chi connectivity index (χ2n) is 10.4. The Morgan fingerprint density at radius 1 is 0.625 bits per heavy atom. The molecule has 1 unspecified atom stereocenters. The van der Waals surface area contributed by atoms with Crippen molar-refractivity contribution < 1.29 is 35.8 Å². The molecule has 40 heavy (non-hydrogen) atoms. The summed E-state index contributed by atoms with van der Waals surface area (Å²) < 4.78 is 84.1. The standard InChI is InChI=1S/C23H32O2.C8H5F6P/c1-14(2)17-11-19(15(3)4)23(20(12-17)16(5)6)21-13-18(24-7)9-10-22(21)25-8;9-7(10,11)4-1-5(8(12,13)14)3-6(15)2-4/h9-16H,1-8H3;1-3H,15H2. The molecule has 220 valence electrons. The van der Waals surface area contributed by atoms with Crippen LogP contribution in [0.2, 0.25) is 0 Å². The average molecular weight is 587 g/mol. The molecule has 1 atom stereocenters. The summed E-state index contributed by atoms with van der Waals surface area (Å²) in [5.41, 5.74) is 3.96. The first-order chi connectivity index (χ1) is 18.4. The summed E-state index contributed by atoms with van der Waals surface area (Å²) in [6.07, 6.45) is -9.54. The van der Waals surface area contributed by atoms with Crippen LogP contribution in [0.25, 0.3) is 11.1 Å². The molecule has 0 fully saturated rings. The number of alkyl halides is 6. The van der Waals surface area contributed by atoms with E-state index in [2.05, 4.69) is 59.7 Å². The lowest BCUT2D eigenvalue weighted by molar-refractivity contribution is -0.142. The summed E-state index contributed by atoms with van der Waals surface area (Å²) in [5, 5.41) is -0.155. The Kier molecular flexibility index (Phi) is 11.1. The molecule has 3 aromatic rings. The molecule has 0 amide bonds. The third-order valence-corrected chi connectivity index (χ3v) is 6.75. The van der Waals surface area contributed by atoms with Gasteiger partial charge >= 0.3 is 12.4 Å². The van der Waals surface area contributed by atoms with Crippen LogP contribution in [-0.2, 0) is 12.4 Å². The lowest BCUT2D eigenvalue weighted by Crippen LogP contribution is -2.14. The van der Waals surface area contributed by atoms with Gasteiger partial charge in [-0.3, -0.25) is 0 Å². The molecule has 0 aliphatic rings. The lowest BCUT2D eigenvalue weighted by atomic mass is 9.81. The molecule has 0 radical (unpaired) electrons. The predicted octanol–water partition coefficient (Wildman–Crippen LogP) is 9.97. The SMILES string of the molecule is COc1ccc(OC)c(-c2c(C(C)C)cc(C(C)C)cc2C(C)C)c1.FC(F)(F)c1cc(P)cc(C(F)(F)F)c1. The Labute approximate surface area is 235 Å². The van der Waals surface area contributed by atoms with E-state index < -0.39 is 23.5 Å². The minimum absolute atomic E-state index is 0.0908. The van der Waals surface area contributed by atoms with Gasteiger partial charge in [-0.15, -0.1) is 9.24 Å². The van der Waals surface area contributed by atoms with Crippen molar-refractivity contribution in [3.63, 3.8) is 0 Å². The molecule has 0 aromatic heterocycles. The molecule has 2 nitrogen and oxygen atoms in total. The van der Waals surface area contributed by atoms with Gasteiger partial charge in [-0.25, -0.2) is 0 Å². The van der Waals surface area contributed by atoms with Gasteiger partial charge in [0.05, 0.1) is 25.3 Å². The minimum atomic E-state index is -4.77. The van der Waals surface area contributed by atoms with E-state index in [1.807, 2.05) is 21.4 Å². The summed E-state index contributed by atoms with van der Waals surface area (Å²) in [5.74, 6) is 3.12. The monoisotopic (exact) mass is 586 g/mol. The van der Waals surface area contributed by atoms with Gasteiger partial charge in [-0.2, -0.15) is 26.3 Å². The molecular formula is C31H37F6O2P. The van der Waals surface area contributed by atoms with Crippen molar-refractivity contribution in [1.29, 1.82) is 0 Å². The minimum Gasteiger partial charge on any atom is -0.497 e. The maximum atomic E-state index is 12.2. The first-order valence-electron chi connectivity index (χ1n) is 12.9. The second kappa shape index (κ2) is 13.3. The zero-order valence-electron chi connectivity index (χ0n) is 24.0. The predicted molar refractivity (Wildman–Crippen MR) is 153 cm³/mol. The van der Waals surface area contributed by atoms with Crippen LogP contribution in [0, 0.1) is 0 Å². The van der Waals surface area contributed by atoms with Gasteiger partial charge in [-0.1, -0.05) is 53.7 Å². The Morgan fingerprint density at radius 2 is 1.10 bits per heavy atom. The van der Waals surface area contributed by atoms with E-state index in [9.17, 15) is 26.3 Å². The Bertz CT molecular complexity index is 1230. The second-order valence-corrected chi connectivity index (χ2v) is 11.1. The number of benzene rings is 3. The van der Waals surface area contributed by atoms with E-state index in [-0.39, 0.29) is 11.4 Å². The molecule has 0 aliphatic heterocycles. The van der Waals surface area contributed by atoms with Crippen LogP contribution in [0.5, 0.6) is 11.5 Å². The van der Waals surface area contributed by atoms with Gasteiger partial charge < -0.3 is 9.47 Å². The summed E-state index contributed by atoms with van der Waals surface area (Å²) in [6.45, 7) is 13.6. The molecule has 3 aromatic carbocycles. The summed E-state index contributed by atoms with van der Waals surface area (Å²) >= 11 is 0. The maximum absolute atomic E-state index is 12.2. The zero-order valence-corrected chi connectivity index (χ0v) is 25.2. The van der Waals surface area contributed by atoms with E-state index in [0.717, 1.165) is 17.1 Å². The normalized spacial score (nSPS) is 12.1. The van der Waals surface area contributed by atoms with Crippen molar-refractivity contribution in [3.8, 4) is 22.6 Å². The van der Waals surface area contributed by atoms with Gasteiger partial charge in [0.15, 0.2) is 0 Å². The Hall–Kier alpha value is -2.73. The quantitative estimate of drug-likeness (QED) is 0.211. The fourth-order valence-corrected chi connectivity index (χ4v) is 4.61. The Balaban J connectivity index is 0.000000319. The molecule has 0 N–H and O–H groups in total. The first-order valence-corrected chi connectivity index (χ1v) is 13.4. The van der Waals surface area contributed by atoms with Crippen LogP contribution < -0.4 is 14.8 Å². The molecule has 0 saturated heterocycles. The number of ether oxygens (including phenoxy) is 2. The van der Waals surface area contributed by atoms with Gasteiger partial charge in [0.1, 0.15) is 11.5 Å². The molecule has 0 saturated carbocycles. The highest BCUT2D eigenvalue weighted by Gasteiger charge is 2.36. The highest BCUT2D eigenvalue weighted by molar-refractivity contribution is 7.27. The fraction of sp³-hybridized carbons (Fsp3) is 0.419. The molecule has 3 rings (SSSR count). The lowest BCUT2D eigenvalue weighted by Gasteiger charge is -2.24. The van der Waals surface area contributed by atoms with Crippen molar-refractivity contribution in [2.45, 2.75) is 71.6 Å². The van der Waals surface area contributed by atoms with Crippen molar-refractivity contribution in [2.24, 2.45) is 0 Å². The third kappa shape index (κ3) is 8.39. The molecule has 0 bridgehead atoms. The molecule has 9 heteroatoms. The van der Waals surface area contributed by atoms with Crippen LogP contribution in [-0.4, -0.2) is 14.2 Å². The summed E-state index contributed by atoms with van der Waals surface area (Å²) in [7, 11) is 5.26. The van der Waals surface area contributed by atoms with Crippen LogP contribution in [0.1, 0.15) is 87.1 Å².